The number of fused-ring (bicyclic) bond motifs is 3. The number of rotatable bonds is 2. The lowest BCUT2D eigenvalue weighted by molar-refractivity contribution is -0.384. The van der Waals surface area contributed by atoms with E-state index in [1.165, 1.54) is 5.56 Å². The Labute approximate surface area is 138 Å². The van der Waals surface area contributed by atoms with Crippen molar-refractivity contribution in [2.24, 2.45) is 5.92 Å². The Morgan fingerprint density at radius 3 is 2.70 bits per heavy atom. The van der Waals surface area contributed by atoms with Crippen LogP contribution in [0.1, 0.15) is 29.5 Å². The normalized spacial score (nSPS) is 24.7. The topological polar surface area (TPSA) is 55.2 Å². The monoisotopic (exact) mass is 326 g/mol. The minimum atomic E-state index is -0.334. The van der Waals surface area contributed by atoms with E-state index in [1.54, 1.807) is 12.1 Å². The standard InChI is InChI=1S/C18H15ClN2O2/c19-12-6-4-11(5-7-12)18-15-3-1-2-14(15)16-10-13(21(22)23)8-9-17(16)20-18/h1-2,4-10,14-15,18,20H,3H2/t14-,15+,18+/m1/s1. The highest BCUT2D eigenvalue weighted by atomic mass is 35.5. The lowest BCUT2D eigenvalue weighted by Gasteiger charge is -2.37. The quantitative estimate of drug-likeness (QED) is 0.476. The van der Waals surface area contributed by atoms with Crippen LogP contribution in [-0.4, -0.2) is 4.92 Å². The molecule has 0 spiro atoms. The first-order valence-electron chi connectivity index (χ1n) is 7.60. The molecule has 3 atom stereocenters. The van der Waals surface area contributed by atoms with Crippen molar-refractivity contribution in [1.82, 2.24) is 0 Å². The Hall–Kier alpha value is -2.33. The molecular formula is C18H15ClN2O2. The molecule has 1 aliphatic heterocycles. The Bertz CT molecular complexity index is 801. The molecule has 0 amide bonds. The van der Waals surface area contributed by atoms with Crippen molar-refractivity contribution >= 4 is 23.0 Å². The van der Waals surface area contributed by atoms with E-state index in [9.17, 15) is 10.1 Å². The molecule has 0 bridgehead atoms. The van der Waals surface area contributed by atoms with Crippen LogP contribution in [-0.2, 0) is 0 Å². The summed E-state index contributed by atoms with van der Waals surface area (Å²) in [5.74, 6) is 0.581. The highest BCUT2D eigenvalue weighted by Gasteiger charge is 2.38. The van der Waals surface area contributed by atoms with Gasteiger partial charge in [0.05, 0.1) is 11.0 Å². The van der Waals surface area contributed by atoms with Gasteiger partial charge in [-0.1, -0.05) is 35.9 Å². The van der Waals surface area contributed by atoms with Crippen LogP contribution in [0.15, 0.2) is 54.6 Å². The van der Waals surface area contributed by atoms with Gasteiger partial charge in [0.2, 0.25) is 0 Å². The Kier molecular flexibility index (Phi) is 3.34. The average Bonchev–Trinajstić information content (AvgIpc) is 3.04. The minimum absolute atomic E-state index is 0.148. The predicted molar refractivity (Wildman–Crippen MR) is 90.9 cm³/mol. The number of hydrogen-bond donors (Lipinski definition) is 1. The molecule has 0 saturated heterocycles. The van der Waals surface area contributed by atoms with Crippen LogP contribution in [0, 0.1) is 16.0 Å². The number of benzene rings is 2. The number of non-ortho nitro benzene ring substituents is 1. The first-order valence-corrected chi connectivity index (χ1v) is 7.98. The number of nitrogens with zero attached hydrogens (tertiary/aromatic N) is 1. The Morgan fingerprint density at radius 1 is 1.17 bits per heavy atom. The maximum atomic E-state index is 11.1. The number of halogens is 1. The van der Waals surface area contributed by atoms with E-state index in [0.717, 1.165) is 22.7 Å². The van der Waals surface area contributed by atoms with E-state index in [1.807, 2.05) is 30.3 Å². The van der Waals surface area contributed by atoms with Gasteiger partial charge in [-0.15, -0.1) is 0 Å². The van der Waals surface area contributed by atoms with Crippen LogP contribution >= 0.6 is 11.6 Å². The number of anilines is 1. The first-order chi connectivity index (χ1) is 11.1. The van der Waals surface area contributed by atoms with Gasteiger partial charge in [-0.05, 0) is 41.7 Å². The summed E-state index contributed by atoms with van der Waals surface area (Å²) in [6.45, 7) is 0. The summed E-state index contributed by atoms with van der Waals surface area (Å²) in [5.41, 5.74) is 3.33. The molecule has 4 rings (SSSR count). The molecular weight excluding hydrogens is 312 g/mol. The molecule has 0 radical (unpaired) electrons. The van der Waals surface area contributed by atoms with Crippen LogP contribution in [0.5, 0.6) is 0 Å². The molecule has 0 unspecified atom stereocenters. The molecule has 1 N–H and O–H groups in total. The lowest BCUT2D eigenvalue weighted by Crippen LogP contribution is -2.29. The number of nitrogens with one attached hydrogen (secondary N) is 1. The summed E-state index contributed by atoms with van der Waals surface area (Å²) >= 11 is 5.99. The third-order valence-corrected chi connectivity index (χ3v) is 5.04. The molecule has 2 aliphatic rings. The zero-order chi connectivity index (χ0) is 16.0. The van der Waals surface area contributed by atoms with Crippen LogP contribution in [0.3, 0.4) is 0 Å². The fourth-order valence-corrected chi connectivity index (χ4v) is 3.82. The zero-order valence-corrected chi connectivity index (χ0v) is 13.0. The van der Waals surface area contributed by atoms with Crippen LogP contribution in [0.4, 0.5) is 11.4 Å². The van der Waals surface area contributed by atoms with Crippen molar-refractivity contribution in [1.29, 1.82) is 0 Å². The maximum Gasteiger partial charge on any atom is 0.269 e. The third kappa shape index (κ3) is 2.39. The summed E-state index contributed by atoms with van der Waals surface area (Å²) in [5, 5.41) is 15.3. The molecule has 116 valence electrons. The van der Waals surface area contributed by atoms with Gasteiger partial charge in [-0.2, -0.15) is 0 Å². The lowest BCUT2D eigenvalue weighted by atomic mass is 9.77. The van der Waals surface area contributed by atoms with Gasteiger partial charge >= 0.3 is 0 Å². The number of allylic oxidation sites excluding steroid dienone is 2. The highest BCUT2D eigenvalue weighted by molar-refractivity contribution is 6.30. The summed E-state index contributed by atoms with van der Waals surface area (Å²) in [6.07, 6.45) is 5.32. The second-order valence-corrected chi connectivity index (χ2v) is 6.49. The van der Waals surface area contributed by atoms with E-state index < -0.39 is 0 Å². The minimum Gasteiger partial charge on any atom is -0.378 e. The molecule has 4 nitrogen and oxygen atoms in total. The van der Waals surface area contributed by atoms with Gasteiger partial charge in [0.15, 0.2) is 0 Å². The molecule has 1 aliphatic carbocycles. The van der Waals surface area contributed by atoms with Gasteiger partial charge in [0.25, 0.3) is 5.69 Å². The van der Waals surface area contributed by atoms with Crippen molar-refractivity contribution in [3.05, 3.63) is 80.9 Å². The van der Waals surface area contributed by atoms with Crippen LogP contribution < -0.4 is 5.32 Å². The second-order valence-electron chi connectivity index (χ2n) is 6.06. The van der Waals surface area contributed by atoms with E-state index >= 15 is 0 Å². The van der Waals surface area contributed by atoms with Gasteiger partial charge in [-0.25, -0.2) is 0 Å². The number of hydrogen-bond acceptors (Lipinski definition) is 3. The molecule has 2 aromatic rings. The molecule has 0 aromatic heterocycles. The van der Waals surface area contributed by atoms with Crippen molar-refractivity contribution in [3.63, 3.8) is 0 Å². The largest absolute Gasteiger partial charge is 0.378 e. The molecule has 0 fully saturated rings. The summed E-state index contributed by atoms with van der Waals surface area (Å²) in [4.78, 5) is 10.7. The van der Waals surface area contributed by atoms with Crippen molar-refractivity contribution < 1.29 is 4.92 Å². The summed E-state index contributed by atoms with van der Waals surface area (Å²) in [6, 6.07) is 13.2. The Balaban J connectivity index is 1.77. The van der Waals surface area contributed by atoms with E-state index in [4.69, 9.17) is 11.6 Å². The van der Waals surface area contributed by atoms with E-state index in [0.29, 0.717) is 5.92 Å². The first kappa shape index (κ1) is 14.3. The smallest absolute Gasteiger partial charge is 0.269 e. The molecule has 1 heterocycles. The van der Waals surface area contributed by atoms with Gasteiger partial charge in [-0.3, -0.25) is 10.1 Å². The Morgan fingerprint density at radius 2 is 1.96 bits per heavy atom. The average molecular weight is 327 g/mol. The fourth-order valence-electron chi connectivity index (χ4n) is 3.70. The van der Waals surface area contributed by atoms with Gasteiger partial charge < -0.3 is 5.32 Å². The van der Waals surface area contributed by atoms with Crippen molar-refractivity contribution in [3.8, 4) is 0 Å². The fraction of sp³-hybridized carbons (Fsp3) is 0.222. The molecule has 23 heavy (non-hydrogen) atoms. The van der Waals surface area contributed by atoms with Crippen molar-refractivity contribution in [2.45, 2.75) is 18.4 Å². The SMILES string of the molecule is O=[N+]([O-])c1ccc2c(c1)[C@@H]1C=CC[C@@H]1[C@H](c1ccc(Cl)cc1)N2. The van der Waals surface area contributed by atoms with Crippen LogP contribution in [0.25, 0.3) is 0 Å². The van der Waals surface area contributed by atoms with Crippen molar-refractivity contribution in [2.75, 3.05) is 5.32 Å². The maximum absolute atomic E-state index is 11.1. The summed E-state index contributed by atoms with van der Waals surface area (Å²) < 4.78 is 0. The zero-order valence-electron chi connectivity index (χ0n) is 12.3. The van der Waals surface area contributed by atoms with Gasteiger partial charge in [0, 0.05) is 28.8 Å². The van der Waals surface area contributed by atoms with Gasteiger partial charge in [0.1, 0.15) is 0 Å². The second kappa shape index (κ2) is 5.39. The summed E-state index contributed by atoms with van der Waals surface area (Å²) in [7, 11) is 0. The van der Waals surface area contributed by atoms with E-state index in [2.05, 4.69) is 17.5 Å². The third-order valence-electron chi connectivity index (χ3n) is 4.79. The van der Waals surface area contributed by atoms with E-state index in [-0.39, 0.29) is 22.6 Å². The number of nitro benzene ring substituents is 1. The predicted octanol–water partition coefficient (Wildman–Crippen LogP) is 5.07. The molecule has 0 saturated carbocycles. The number of nitro groups is 1. The molecule has 5 heteroatoms. The molecule has 2 aromatic carbocycles. The van der Waals surface area contributed by atoms with Crippen LogP contribution in [0.2, 0.25) is 5.02 Å². The highest BCUT2D eigenvalue weighted by Crippen LogP contribution is 2.50.